The van der Waals surface area contributed by atoms with Gasteiger partial charge in [-0.3, -0.25) is 4.55 Å². The fraction of sp³-hybridized carbons (Fsp3) is 0.0526. The predicted molar refractivity (Wildman–Crippen MR) is 114 cm³/mol. The number of hydrogen-bond donors (Lipinski definition) is 3. The van der Waals surface area contributed by atoms with Gasteiger partial charge in [-0.15, -0.1) is 0 Å². The van der Waals surface area contributed by atoms with Crippen LogP contribution in [0.25, 0.3) is 0 Å². The van der Waals surface area contributed by atoms with Gasteiger partial charge >= 0.3 is 0 Å². The molecular formula is C19H12Cl4O5S. The zero-order valence-corrected chi connectivity index (χ0v) is 18.1. The van der Waals surface area contributed by atoms with Crippen LogP contribution in [-0.4, -0.2) is 23.2 Å². The van der Waals surface area contributed by atoms with E-state index in [0.29, 0.717) is 10.0 Å². The Morgan fingerprint density at radius 3 is 1.52 bits per heavy atom. The Hall–Kier alpha value is -1.67. The monoisotopic (exact) mass is 492 g/mol. The van der Waals surface area contributed by atoms with E-state index in [2.05, 4.69) is 0 Å². The van der Waals surface area contributed by atoms with Crippen LogP contribution >= 0.6 is 46.4 Å². The molecule has 0 aliphatic carbocycles. The molecule has 3 aromatic carbocycles. The van der Waals surface area contributed by atoms with Crippen molar-refractivity contribution in [2.75, 3.05) is 0 Å². The van der Waals surface area contributed by atoms with Crippen molar-refractivity contribution in [3.05, 3.63) is 91.4 Å². The number of phenolic OH excluding ortho intramolecular Hbond substituents is 2. The van der Waals surface area contributed by atoms with Crippen molar-refractivity contribution in [1.29, 1.82) is 0 Å². The van der Waals surface area contributed by atoms with Crippen molar-refractivity contribution in [1.82, 2.24) is 0 Å². The second-order valence-electron chi connectivity index (χ2n) is 6.09. The van der Waals surface area contributed by atoms with Crippen LogP contribution in [0.2, 0.25) is 20.1 Å². The summed E-state index contributed by atoms with van der Waals surface area (Å²) < 4.78 is 34.0. The Balaban J connectivity index is 2.57. The third-order valence-corrected chi connectivity index (χ3v) is 7.15. The zero-order chi connectivity index (χ0) is 21.6. The zero-order valence-electron chi connectivity index (χ0n) is 14.3. The Labute approximate surface area is 186 Å². The molecule has 0 saturated heterocycles. The summed E-state index contributed by atoms with van der Waals surface area (Å²) in [4.78, 5) is 0. The van der Waals surface area contributed by atoms with E-state index in [1.807, 2.05) is 0 Å². The molecule has 0 aliphatic heterocycles. The Morgan fingerprint density at radius 2 is 1.14 bits per heavy atom. The molecule has 0 fully saturated rings. The van der Waals surface area contributed by atoms with E-state index in [0.717, 1.165) is 6.07 Å². The molecule has 0 atom stereocenters. The van der Waals surface area contributed by atoms with Gasteiger partial charge in [0.1, 0.15) is 10.8 Å². The first-order valence-electron chi connectivity index (χ1n) is 7.89. The standard InChI is InChI=1S/C19H12Cl4O5S/c20-12-5-1-10(2-6-12)19(29(26,27)28,11-3-7-13(21)8-4-11)14-9-15(24)17(23)18(25)16(14)22/h1-9,24-25H,(H,26,27,28). The number of hydrogen-bond acceptors (Lipinski definition) is 4. The molecule has 5 nitrogen and oxygen atoms in total. The molecule has 0 aromatic heterocycles. The van der Waals surface area contributed by atoms with Crippen molar-refractivity contribution in [2.24, 2.45) is 0 Å². The Bertz CT molecular complexity index is 1130. The summed E-state index contributed by atoms with van der Waals surface area (Å²) in [5.74, 6) is -1.36. The summed E-state index contributed by atoms with van der Waals surface area (Å²) in [6.07, 6.45) is 0. The van der Waals surface area contributed by atoms with Crippen molar-refractivity contribution in [3.63, 3.8) is 0 Å². The number of rotatable bonds is 4. The van der Waals surface area contributed by atoms with E-state index in [9.17, 15) is 23.2 Å². The second kappa shape index (κ2) is 7.87. The molecule has 3 rings (SSSR count). The number of benzene rings is 3. The van der Waals surface area contributed by atoms with Crippen molar-refractivity contribution in [2.45, 2.75) is 4.75 Å². The van der Waals surface area contributed by atoms with Crippen LogP contribution in [0.4, 0.5) is 0 Å². The van der Waals surface area contributed by atoms with Crippen LogP contribution in [0.1, 0.15) is 16.7 Å². The molecular weight excluding hydrogens is 482 g/mol. The first-order chi connectivity index (χ1) is 13.5. The molecule has 3 aromatic rings. The van der Waals surface area contributed by atoms with Crippen LogP contribution in [0.5, 0.6) is 11.5 Å². The van der Waals surface area contributed by atoms with Crippen LogP contribution in [0, 0.1) is 0 Å². The first-order valence-corrected chi connectivity index (χ1v) is 10.8. The third-order valence-electron chi connectivity index (χ3n) is 4.43. The number of aromatic hydroxyl groups is 2. The van der Waals surface area contributed by atoms with Crippen molar-refractivity contribution in [3.8, 4) is 11.5 Å². The lowest BCUT2D eigenvalue weighted by Crippen LogP contribution is -2.38. The van der Waals surface area contributed by atoms with Gasteiger partial charge in [0, 0.05) is 15.6 Å². The van der Waals surface area contributed by atoms with Crippen molar-refractivity contribution < 1.29 is 23.2 Å². The van der Waals surface area contributed by atoms with Crippen LogP contribution < -0.4 is 0 Å². The second-order valence-corrected chi connectivity index (χ2v) is 9.28. The molecule has 0 unspecified atom stereocenters. The van der Waals surface area contributed by atoms with Gasteiger partial charge in [-0.05, 0) is 41.5 Å². The van der Waals surface area contributed by atoms with Gasteiger partial charge in [0.05, 0.1) is 5.02 Å². The van der Waals surface area contributed by atoms with E-state index in [-0.39, 0.29) is 16.7 Å². The van der Waals surface area contributed by atoms with Gasteiger partial charge < -0.3 is 10.2 Å². The van der Waals surface area contributed by atoms with Crippen LogP contribution in [-0.2, 0) is 14.9 Å². The topological polar surface area (TPSA) is 94.8 Å². The predicted octanol–water partition coefficient (Wildman–Crippen LogP) is 5.89. The maximum absolute atomic E-state index is 12.9. The Kier molecular flexibility index (Phi) is 5.98. The highest BCUT2D eigenvalue weighted by molar-refractivity contribution is 7.87. The van der Waals surface area contributed by atoms with E-state index in [4.69, 9.17) is 46.4 Å². The summed E-state index contributed by atoms with van der Waals surface area (Å²) in [6, 6.07) is 12.2. The van der Waals surface area contributed by atoms with Crippen LogP contribution in [0.3, 0.4) is 0 Å². The average molecular weight is 494 g/mol. The SMILES string of the molecule is O=S(=O)(O)C(c1ccc(Cl)cc1)(c1ccc(Cl)cc1)c1cc(O)c(Cl)c(O)c1Cl. The fourth-order valence-corrected chi connectivity index (χ4v) is 5.25. The number of phenols is 2. The minimum atomic E-state index is -5.02. The molecule has 0 bridgehead atoms. The largest absolute Gasteiger partial charge is 0.506 e. The van der Waals surface area contributed by atoms with Crippen molar-refractivity contribution >= 4 is 56.5 Å². The highest BCUT2D eigenvalue weighted by atomic mass is 35.5. The summed E-state index contributed by atoms with van der Waals surface area (Å²) >= 11 is 23.9. The van der Waals surface area contributed by atoms with E-state index in [1.165, 1.54) is 48.5 Å². The molecule has 152 valence electrons. The molecule has 0 aliphatic rings. The molecule has 0 radical (unpaired) electrons. The minimum Gasteiger partial charge on any atom is -0.506 e. The number of halogens is 4. The lowest BCUT2D eigenvalue weighted by Gasteiger charge is -2.33. The smallest absolute Gasteiger partial charge is 0.283 e. The summed E-state index contributed by atoms with van der Waals surface area (Å²) in [5.41, 5.74) is -0.213. The lowest BCUT2D eigenvalue weighted by atomic mass is 9.83. The highest BCUT2D eigenvalue weighted by Crippen LogP contribution is 2.52. The highest BCUT2D eigenvalue weighted by Gasteiger charge is 2.50. The average Bonchev–Trinajstić information content (AvgIpc) is 2.66. The summed E-state index contributed by atoms with van der Waals surface area (Å²) in [7, 11) is -5.02. The minimum absolute atomic E-state index is 0.0507. The molecule has 10 heteroatoms. The maximum atomic E-state index is 12.9. The Morgan fingerprint density at radius 1 is 0.724 bits per heavy atom. The molecule has 0 spiro atoms. The molecule has 0 amide bonds. The van der Waals surface area contributed by atoms with E-state index >= 15 is 0 Å². The van der Waals surface area contributed by atoms with Gasteiger partial charge in [0.15, 0.2) is 10.5 Å². The lowest BCUT2D eigenvalue weighted by molar-refractivity contribution is 0.444. The van der Waals surface area contributed by atoms with Crippen LogP contribution in [0.15, 0.2) is 54.6 Å². The molecule has 29 heavy (non-hydrogen) atoms. The normalized spacial score (nSPS) is 12.2. The molecule has 3 N–H and O–H groups in total. The van der Waals surface area contributed by atoms with Gasteiger partial charge in [-0.1, -0.05) is 70.7 Å². The fourth-order valence-electron chi connectivity index (χ4n) is 3.15. The summed E-state index contributed by atoms with van der Waals surface area (Å²) in [5, 5.41) is 20.1. The first kappa shape index (κ1) is 22.0. The molecule has 0 saturated carbocycles. The molecule has 0 heterocycles. The maximum Gasteiger partial charge on any atom is 0.283 e. The van der Waals surface area contributed by atoms with Gasteiger partial charge in [0.25, 0.3) is 10.1 Å². The van der Waals surface area contributed by atoms with E-state index < -0.39 is 36.4 Å². The van der Waals surface area contributed by atoms with Gasteiger partial charge in [0.2, 0.25) is 0 Å². The van der Waals surface area contributed by atoms with Gasteiger partial charge in [-0.2, -0.15) is 8.42 Å². The quantitative estimate of drug-likeness (QED) is 0.311. The van der Waals surface area contributed by atoms with E-state index in [1.54, 1.807) is 0 Å². The third kappa shape index (κ3) is 3.65. The van der Waals surface area contributed by atoms with Gasteiger partial charge in [-0.25, -0.2) is 0 Å². The summed E-state index contributed by atoms with van der Waals surface area (Å²) in [6.45, 7) is 0.